The van der Waals surface area contributed by atoms with Gasteiger partial charge in [-0.3, -0.25) is 4.79 Å². The number of rotatable bonds is 8. The molecule has 2 atom stereocenters. The maximum absolute atomic E-state index is 11.8. The van der Waals surface area contributed by atoms with Crippen molar-refractivity contribution in [2.75, 3.05) is 6.61 Å². The maximum Gasteiger partial charge on any atom is 0.173 e. The van der Waals surface area contributed by atoms with E-state index in [1.165, 1.54) is 38.5 Å². The zero-order chi connectivity index (χ0) is 13.8. The van der Waals surface area contributed by atoms with Crippen LogP contribution in [0.15, 0.2) is 0 Å². The number of hydrogen-bond donors (Lipinski definition) is 0. The minimum atomic E-state index is -0.629. The summed E-state index contributed by atoms with van der Waals surface area (Å²) in [5.74, 6) is -0.328. The van der Waals surface area contributed by atoms with Crippen molar-refractivity contribution >= 4 is 5.78 Å². The van der Waals surface area contributed by atoms with Gasteiger partial charge in [-0.1, -0.05) is 51.9 Å². The summed E-state index contributed by atoms with van der Waals surface area (Å²) in [7, 11) is 0. The topological polar surface area (TPSA) is 35.5 Å². The first kappa shape index (κ1) is 15.0. The van der Waals surface area contributed by atoms with Gasteiger partial charge in [0, 0.05) is 6.42 Å². The van der Waals surface area contributed by atoms with Crippen LogP contribution in [0, 0.1) is 0 Å². The van der Waals surface area contributed by atoms with Gasteiger partial charge in [-0.15, -0.1) is 0 Å². The molecule has 2 aliphatic rings. The normalized spacial score (nSPS) is 33.9. The molecule has 0 aromatic heterocycles. The van der Waals surface area contributed by atoms with Gasteiger partial charge in [0.05, 0.1) is 13.0 Å². The highest BCUT2D eigenvalue weighted by molar-refractivity contribution is 5.81. The summed E-state index contributed by atoms with van der Waals surface area (Å²) in [6.45, 7) is 4.75. The Balaban J connectivity index is 1.67. The fraction of sp³-hybridized carbons (Fsp3) is 0.938. The molecule has 19 heavy (non-hydrogen) atoms. The highest BCUT2D eigenvalue weighted by Crippen LogP contribution is 2.44. The van der Waals surface area contributed by atoms with Crippen LogP contribution in [0.3, 0.4) is 0 Å². The predicted molar refractivity (Wildman–Crippen MR) is 75.0 cm³/mol. The quantitative estimate of drug-likeness (QED) is 0.624. The van der Waals surface area contributed by atoms with Gasteiger partial charge in [0.25, 0.3) is 0 Å². The van der Waals surface area contributed by atoms with E-state index in [-0.39, 0.29) is 5.60 Å². The molecule has 2 unspecified atom stereocenters. The van der Waals surface area contributed by atoms with Crippen LogP contribution >= 0.6 is 0 Å². The molecule has 2 rings (SSSR count). The molecule has 2 saturated heterocycles. The molecule has 2 heterocycles. The molecule has 2 bridgehead atoms. The highest BCUT2D eigenvalue weighted by atomic mass is 16.8. The lowest BCUT2D eigenvalue weighted by molar-refractivity contribution is -0.200. The third-order valence-electron chi connectivity index (χ3n) is 4.35. The van der Waals surface area contributed by atoms with Crippen molar-refractivity contribution in [3.8, 4) is 0 Å². The molecular formula is C16H28O3. The second kappa shape index (κ2) is 6.36. The van der Waals surface area contributed by atoms with E-state index in [1.54, 1.807) is 0 Å². The third kappa shape index (κ3) is 4.03. The summed E-state index contributed by atoms with van der Waals surface area (Å²) < 4.78 is 11.8. The monoisotopic (exact) mass is 268 g/mol. The minimum absolute atomic E-state index is 0.298. The van der Waals surface area contributed by atoms with Crippen LogP contribution in [0.5, 0.6) is 0 Å². The van der Waals surface area contributed by atoms with Crippen LogP contribution in [0.4, 0.5) is 0 Å². The van der Waals surface area contributed by atoms with Crippen LogP contribution in [0.25, 0.3) is 0 Å². The molecule has 3 nitrogen and oxygen atoms in total. The number of ketones is 1. The van der Waals surface area contributed by atoms with Crippen LogP contribution < -0.4 is 0 Å². The average Bonchev–Trinajstić information content (AvgIpc) is 2.59. The molecule has 0 aliphatic carbocycles. The lowest BCUT2D eigenvalue weighted by atomic mass is 9.87. The Labute approximate surface area is 117 Å². The van der Waals surface area contributed by atoms with Gasteiger partial charge in [-0.05, 0) is 13.3 Å². The van der Waals surface area contributed by atoms with Crippen LogP contribution in [0.2, 0.25) is 0 Å². The van der Waals surface area contributed by atoms with Gasteiger partial charge in [-0.2, -0.15) is 0 Å². The van der Waals surface area contributed by atoms with Gasteiger partial charge < -0.3 is 9.47 Å². The molecule has 0 aromatic rings. The zero-order valence-electron chi connectivity index (χ0n) is 12.5. The number of unbranched alkanes of at least 4 members (excludes halogenated alkanes) is 6. The maximum atomic E-state index is 11.8. The first-order valence-corrected chi connectivity index (χ1v) is 7.93. The molecule has 110 valence electrons. The Morgan fingerprint density at radius 2 is 1.74 bits per heavy atom. The number of carbonyl (C=O) groups is 1. The lowest BCUT2D eigenvalue weighted by Gasteiger charge is -2.34. The lowest BCUT2D eigenvalue weighted by Crippen LogP contribution is -2.43. The van der Waals surface area contributed by atoms with E-state index in [9.17, 15) is 4.79 Å². The van der Waals surface area contributed by atoms with Crippen LogP contribution in [0.1, 0.15) is 78.1 Å². The molecule has 0 radical (unpaired) electrons. The molecule has 2 fully saturated rings. The van der Waals surface area contributed by atoms with E-state index in [0.29, 0.717) is 25.2 Å². The Hall–Kier alpha value is -0.410. The molecule has 0 saturated carbocycles. The summed E-state index contributed by atoms with van der Waals surface area (Å²) in [6.07, 6.45) is 11.0. The van der Waals surface area contributed by atoms with Crippen LogP contribution in [-0.4, -0.2) is 23.8 Å². The molecular weight excluding hydrogens is 240 g/mol. The Kier molecular flexibility index (Phi) is 5.02. The predicted octanol–water partition coefficient (Wildman–Crippen LogP) is 3.99. The average molecular weight is 268 g/mol. The Morgan fingerprint density at radius 1 is 1.05 bits per heavy atom. The number of ether oxygens (including phenoxy) is 2. The number of hydrogen-bond acceptors (Lipinski definition) is 3. The molecule has 3 heteroatoms. The van der Waals surface area contributed by atoms with Crippen molar-refractivity contribution in [1.29, 1.82) is 0 Å². The van der Waals surface area contributed by atoms with Crippen molar-refractivity contribution in [2.45, 2.75) is 89.4 Å². The first-order valence-electron chi connectivity index (χ1n) is 7.93. The second-order valence-electron chi connectivity index (χ2n) is 6.47. The van der Waals surface area contributed by atoms with E-state index in [2.05, 4.69) is 6.92 Å². The standard InChI is InChI=1S/C16H28O3/c1-3-4-5-6-7-8-9-10-16-12-14(17)11-15(2,19-16)18-13-16/h3-13H2,1-2H3. The molecule has 0 N–H and O–H groups in total. The highest BCUT2D eigenvalue weighted by Gasteiger charge is 2.53. The third-order valence-corrected chi connectivity index (χ3v) is 4.35. The smallest absolute Gasteiger partial charge is 0.173 e. The largest absolute Gasteiger partial charge is 0.347 e. The van der Waals surface area contributed by atoms with E-state index >= 15 is 0 Å². The fourth-order valence-corrected chi connectivity index (χ4v) is 3.37. The van der Waals surface area contributed by atoms with Crippen molar-refractivity contribution < 1.29 is 14.3 Å². The summed E-state index contributed by atoms with van der Waals surface area (Å²) in [4.78, 5) is 11.8. The van der Waals surface area contributed by atoms with Crippen molar-refractivity contribution in [3.05, 3.63) is 0 Å². The molecule has 0 aromatic carbocycles. The Bertz CT molecular complexity index is 315. The van der Waals surface area contributed by atoms with E-state index < -0.39 is 5.79 Å². The Morgan fingerprint density at radius 3 is 2.47 bits per heavy atom. The SMILES string of the molecule is CCCCCCCCCC12COC(C)(CC(=O)C1)O2. The first-order chi connectivity index (χ1) is 9.08. The van der Waals surface area contributed by atoms with Gasteiger partial charge in [0.2, 0.25) is 0 Å². The van der Waals surface area contributed by atoms with E-state index in [4.69, 9.17) is 9.47 Å². The van der Waals surface area contributed by atoms with Gasteiger partial charge in [-0.25, -0.2) is 0 Å². The second-order valence-corrected chi connectivity index (χ2v) is 6.47. The number of Topliss-reactive ketones (excluding diaryl/α,β-unsaturated/α-hetero) is 1. The van der Waals surface area contributed by atoms with Crippen molar-refractivity contribution in [2.24, 2.45) is 0 Å². The minimum Gasteiger partial charge on any atom is -0.347 e. The van der Waals surface area contributed by atoms with Gasteiger partial charge in [0.15, 0.2) is 5.79 Å². The van der Waals surface area contributed by atoms with Gasteiger partial charge >= 0.3 is 0 Å². The van der Waals surface area contributed by atoms with E-state index in [1.807, 2.05) is 6.92 Å². The number of fused-ring (bicyclic) bond motifs is 2. The van der Waals surface area contributed by atoms with Gasteiger partial charge in [0.1, 0.15) is 11.4 Å². The summed E-state index contributed by atoms with van der Waals surface area (Å²) in [5, 5.41) is 0. The summed E-state index contributed by atoms with van der Waals surface area (Å²) in [6, 6.07) is 0. The van der Waals surface area contributed by atoms with Crippen molar-refractivity contribution in [1.82, 2.24) is 0 Å². The molecule has 2 aliphatic heterocycles. The van der Waals surface area contributed by atoms with Crippen LogP contribution in [-0.2, 0) is 14.3 Å². The van der Waals surface area contributed by atoms with E-state index in [0.717, 1.165) is 12.8 Å². The summed E-state index contributed by atoms with van der Waals surface area (Å²) >= 11 is 0. The summed E-state index contributed by atoms with van der Waals surface area (Å²) in [5.41, 5.74) is -0.298. The molecule has 0 spiro atoms. The number of carbonyl (C=O) groups excluding carboxylic acids is 1. The zero-order valence-corrected chi connectivity index (χ0v) is 12.5. The van der Waals surface area contributed by atoms with Crippen molar-refractivity contribution in [3.63, 3.8) is 0 Å². The fourth-order valence-electron chi connectivity index (χ4n) is 3.37. The molecule has 0 amide bonds.